The maximum Gasteiger partial charge on any atom is 0.260 e. The number of carbonyl (C=O) groups excluding carboxylic acids is 1. The number of nitrogens with one attached hydrogen (secondary N) is 2. The van der Waals surface area contributed by atoms with Gasteiger partial charge in [0.2, 0.25) is 0 Å². The molecule has 2 aromatic carbocycles. The van der Waals surface area contributed by atoms with Gasteiger partial charge in [0, 0.05) is 15.7 Å². The van der Waals surface area contributed by atoms with Crippen LogP contribution in [0.1, 0.15) is 18.1 Å². The Bertz CT molecular complexity index is 840. The van der Waals surface area contributed by atoms with Crippen molar-refractivity contribution in [3.63, 3.8) is 0 Å². The number of hydrogen-bond donors (Lipinski definition) is 3. The van der Waals surface area contributed by atoms with E-state index in [9.17, 15) is 9.90 Å². The average molecular weight is 531 g/mol. The lowest BCUT2D eigenvalue weighted by molar-refractivity contribution is -0.116. The smallest absolute Gasteiger partial charge is 0.260 e. The Morgan fingerprint density at radius 1 is 1.36 bits per heavy atom. The van der Waals surface area contributed by atoms with Gasteiger partial charge in [-0.3, -0.25) is 4.79 Å². The largest absolute Gasteiger partial charge is 0.506 e. The molecule has 1 amide bonds. The van der Waals surface area contributed by atoms with E-state index in [1.807, 2.05) is 18.2 Å². The van der Waals surface area contributed by atoms with Gasteiger partial charge in [0.1, 0.15) is 5.75 Å². The number of aryl methyl sites for hydroxylation is 1. The second-order valence-corrected chi connectivity index (χ2v) is 8.73. The summed E-state index contributed by atoms with van der Waals surface area (Å²) in [6.07, 6.45) is 2.71. The normalized spacial score (nSPS) is 18.4. The first-order valence-electron chi connectivity index (χ1n) is 7.69. The Hall–Kier alpha value is -1.19. The van der Waals surface area contributed by atoms with Gasteiger partial charge in [0.25, 0.3) is 5.91 Å². The number of phenols is 1. The van der Waals surface area contributed by atoms with Gasteiger partial charge in [-0.1, -0.05) is 46.7 Å². The van der Waals surface area contributed by atoms with Gasteiger partial charge in [-0.2, -0.15) is 0 Å². The molecular weight excluding hydrogens is 515 g/mol. The molecular formula is C18H16BrIN2O2S. The number of phenolic OH excluding ortho intramolecular Hbond substituents is 1. The van der Waals surface area contributed by atoms with Gasteiger partial charge in [0.15, 0.2) is 5.50 Å². The maximum absolute atomic E-state index is 12.2. The van der Waals surface area contributed by atoms with Crippen LogP contribution in [-0.4, -0.2) is 16.5 Å². The fourth-order valence-corrected chi connectivity index (χ4v) is 4.92. The molecule has 1 heterocycles. The van der Waals surface area contributed by atoms with Crippen molar-refractivity contribution in [3.05, 3.63) is 60.5 Å². The Balaban J connectivity index is 1.76. The number of amides is 1. The number of thioether (sulfide) groups is 1. The van der Waals surface area contributed by atoms with Crippen LogP contribution in [0.4, 0.5) is 5.69 Å². The highest BCUT2D eigenvalue weighted by Gasteiger charge is 2.27. The molecule has 25 heavy (non-hydrogen) atoms. The lowest BCUT2D eigenvalue weighted by atomic mass is 10.1. The van der Waals surface area contributed by atoms with Crippen LogP contribution in [0.25, 0.3) is 6.08 Å². The minimum absolute atomic E-state index is 0.151. The number of aromatic hydroxyl groups is 1. The van der Waals surface area contributed by atoms with Crippen LogP contribution in [0.15, 0.2) is 45.8 Å². The number of hydrogen-bond acceptors (Lipinski definition) is 4. The van der Waals surface area contributed by atoms with E-state index < -0.39 is 0 Å². The zero-order chi connectivity index (χ0) is 18.0. The molecule has 0 bridgehead atoms. The molecule has 0 aliphatic carbocycles. The Morgan fingerprint density at radius 2 is 2.08 bits per heavy atom. The molecule has 7 heteroatoms. The third-order valence-corrected chi connectivity index (χ3v) is 6.04. The summed E-state index contributed by atoms with van der Waals surface area (Å²) in [5.74, 6) is 0.0262. The van der Waals surface area contributed by atoms with E-state index in [-0.39, 0.29) is 17.2 Å². The van der Waals surface area contributed by atoms with Crippen molar-refractivity contribution in [2.45, 2.75) is 18.8 Å². The van der Waals surface area contributed by atoms with Gasteiger partial charge < -0.3 is 15.7 Å². The summed E-state index contributed by atoms with van der Waals surface area (Å²) in [6.45, 7) is 2.12. The fraction of sp³-hybridized carbons (Fsp3) is 0.167. The van der Waals surface area contributed by atoms with E-state index in [1.54, 1.807) is 12.1 Å². The molecule has 0 aromatic heterocycles. The van der Waals surface area contributed by atoms with E-state index in [4.69, 9.17) is 0 Å². The quantitative estimate of drug-likeness (QED) is 0.388. The van der Waals surface area contributed by atoms with E-state index >= 15 is 0 Å². The molecule has 1 aliphatic heterocycles. The summed E-state index contributed by atoms with van der Waals surface area (Å²) < 4.78 is 1.59. The second kappa shape index (κ2) is 8.01. The van der Waals surface area contributed by atoms with E-state index in [0.29, 0.717) is 10.5 Å². The molecule has 0 unspecified atom stereocenters. The molecule has 2 aromatic rings. The van der Waals surface area contributed by atoms with Gasteiger partial charge in [-0.25, -0.2) is 0 Å². The number of benzene rings is 2. The molecule has 3 N–H and O–H groups in total. The average Bonchev–Trinajstić information content (AvgIpc) is 2.92. The van der Waals surface area contributed by atoms with Crippen LogP contribution in [0.3, 0.4) is 0 Å². The minimum atomic E-state index is -0.236. The van der Waals surface area contributed by atoms with E-state index in [2.05, 4.69) is 68.2 Å². The van der Waals surface area contributed by atoms with Crippen molar-refractivity contribution in [2.75, 3.05) is 5.32 Å². The first-order valence-corrected chi connectivity index (χ1v) is 10.4. The zero-order valence-corrected chi connectivity index (χ0v) is 17.9. The summed E-state index contributed by atoms with van der Waals surface area (Å²) >= 11 is 6.88. The standard InChI is InChI=1S/C18H16BrIN2O2S/c1-2-10-3-5-13(6-4-10)21-18-22-17(24)15(25-18)8-11-7-12(19)9-14(20)16(11)23/h3-9,18,21,23H,2H2,1H3,(H,22,24)/b15-8+/t18-/m0/s1. The van der Waals surface area contributed by atoms with Crippen LogP contribution >= 0.6 is 50.3 Å². The highest BCUT2D eigenvalue weighted by molar-refractivity contribution is 14.1. The number of halogens is 2. The molecule has 130 valence electrons. The van der Waals surface area contributed by atoms with Crippen molar-refractivity contribution >= 4 is 68.0 Å². The summed E-state index contributed by atoms with van der Waals surface area (Å²) in [7, 11) is 0. The van der Waals surface area contributed by atoms with Crippen LogP contribution in [0.5, 0.6) is 5.75 Å². The molecule has 1 fully saturated rings. The molecule has 4 nitrogen and oxygen atoms in total. The maximum atomic E-state index is 12.2. The van der Waals surface area contributed by atoms with Crippen LogP contribution in [0.2, 0.25) is 0 Å². The molecule has 1 atom stereocenters. The fourth-order valence-electron chi connectivity index (χ4n) is 2.39. The van der Waals surface area contributed by atoms with Crippen molar-refractivity contribution in [3.8, 4) is 5.75 Å². The second-order valence-electron chi connectivity index (χ2n) is 5.50. The van der Waals surface area contributed by atoms with Gasteiger partial charge >= 0.3 is 0 Å². The number of carbonyl (C=O) groups is 1. The van der Waals surface area contributed by atoms with Crippen molar-refractivity contribution in [2.24, 2.45) is 0 Å². The minimum Gasteiger partial charge on any atom is -0.506 e. The van der Waals surface area contributed by atoms with E-state index in [0.717, 1.165) is 20.2 Å². The van der Waals surface area contributed by atoms with Gasteiger partial charge in [-0.15, -0.1) is 0 Å². The van der Waals surface area contributed by atoms with Gasteiger partial charge in [-0.05, 0) is 64.9 Å². The van der Waals surface area contributed by atoms with Crippen LogP contribution in [0, 0.1) is 3.57 Å². The topological polar surface area (TPSA) is 61.4 Å². The summed E-state index contributed by atoms with van der Waals surface area (Å²) in [6, 6.07) is 11.8. The Kier molecular flexibility index (Phi) is 5.96. The predicted octanol–water partition coefficient (Wildman–Crippen LogP) is 4.92. The molecule has 1 aliphatic rings. The highest BCUT2D eigenvalue weighted by atomic mass is 127. The molecule has 0 spiro atoms. The number of rotatable bonds is 4. The Labute approximate surface area is 172 Å². The van der Waals surface area contributed by atoms with Crippen LogP contribution in [-0.2, 0) is 11.2 Å². The van der Waals surface area contributed by atoms with Crippen molar-refractivity contribution in [1.29, 1.82) is 0 Å². The molecule has 1 saturated heterocycles. The first-order chi connectivity index (χ1) is 12.0. The molecule has 0 radical (unpaired) electrons. The van der Waals surface area contributed by atoms with Gasteiger partial charge in [0.05, 0.1) is 8.48 Å². The lowest BCUT2D eigenvalue weighted by Crippen LogP contribution is -2.30. The van der Waals surface area contributed by atoms with Crippen molar-refractivity contribution < 1.29 is 9.90 Å². The highest BCUT2D eigenvalue weighted by Crippen LogP contribution is 2.35. The zero-order valence-electron chi connectivity index (χ0n) is 13.3. The lowest BCUT2D eigenvalue weighted by Gasteiger charge is -2.12. The summed E-state index contributed by atoms with van der Waals surface area (Å²) in [5.41, 5.74) is 2.61. The summed E-state index contributed by atoms with van der Waals surface area (Å²) in [4.78, 5) is 12.8. The monoisotopic (exact) mass is 530 g/mol. The third kappa shape index (κ3) is 4.51. The Morgan fingerprint density at radius 3 is 2.76 bits per heavy atom. The SMILES string of the molecule is CCc1ccc(N[C@H]2NC(=O)/C(=C\c3cc(Br)cc(I)c3O)S2)cc1. The molecule has 3 rings (SSSR count). The van der Waals surface area contributed by atoms with Crippen LogP contribution < -0.4 is 10.6 Å². The van der Waals surface area contributed by atoms with E-state index in [1.165, 1.54) is 17.3 Å². The third-order valence-electron chi connectivity index (χ3n) is 3.74. The predicted molar refractivity (Wildman–Crippen MR) is 115 cm³/mol. The first kappa shape index (κ1) is 18.6. The van der Waals surface area contributed by atoms with Crippen molar-refractivity contribution in [1.82, 2.24) is 5.32 Å². The number of anilines is 1. The molecule has 0 saturated carbocycles. The summed E-state index contributed by atoms with van der Waals surface area (Å²) in [5, 5.41) is 16.4.